The van der Waals surface area contributed by atoms with E-state index in [0.717, 1.165) is 26.2 Å². The van der Waals surface area contributed by atoms with Gasteiger partial charge in [-0.15, -0.1) is 0 Å². The fourth-order valence-corrected chi connectivity index (χ4v) is 6.56. The van der Waals surface area contributed by atoms with Crippen LogP contribution < -0.4 is 44.9 Å². The smallest absolute Gasteiger partial charge is 1.00 e. The normalized spacial score (nSPS) is 15.7. The number of likely N-dealkylation sites (N-methyl/N-ethyl adjacent to an activating group) is 2. The van der Waals surface area contributed by atoms with E-state index in [4.69, 9.17) is 0 Å². The molecule has 5 rings (SSSR count). The SMILES string of the molecule is CCN1CCCNCCN(CC)CCCNCC1.[Cl-].[Mn+2].c1ccc([B-](c2ccccc2)(c2ccccc2)c2ccccc2)cc1. The van der Waals surface area contributed by atoms with E-state index in [9.17, 15) is 0 Å². The zero-order valence-electron chi connectivity index (χ0n) is 27.3. The molecule has 1 aliphatic heterocycles. The van der Waals surface area contributed by atoms with Crippen LogP contribution in [0.1, 0.15) is 26.7 Å². The molecular formula is C38H52BClMnN4. The Morgan fingerprint density at radius 2 is 0.756 bits per heavy atom. The molecule has 1 radical (unpaired) electrons. The second-order valence-electron chi connectivity index (χ2n) is 11.6. The van der Waals surface area contributed by atoms with Gasteiger partial charge in [-0.25, -0.2) is 0 Å². The minimum absolute atomic E-state index is 0. The summed E-state index contributed by atoms with van der Waals surface area (Å²) in [5, 5.41) is 7.13. The first kappa shape index (κ1) is 38.8. The van der Waals surface area contributed by atoms with Gasteiger partial charge in [0, 0.05) is 26.2 Å². The minimum Gasteiger partial charge on any atom is -1.00 e. The van der Waals surface area contributed by atoms with Crippen LogP contribution in [0.25, 0.3) is 0 Å². The Morgan fingerprint density at radius 3 is 1.02 bits per heavy atom. The Balaban J connectivity index is 0.000000317. The molecule has 0 aromatic heterocycles. The maximum atomic E-state index is 3.56. The van der Waals surface area contributed by atoms with Crippen molar-refractivity contribution in [3.8, 4) is 0 Å². The molecule has 0 bridgehead atoms. The van der Waals surface area contributed by atoms with Gasteiger partial charge >= 0.3 is 17.1 Å². The Morgan fingerprint density at radius 1 is 0.467 bits per heavy atom. The van der Waals surface area contributed by atoms with E-state index < -0.39 is 6.15 Å². The topological polar surface area (TPSA) is 30.5 Å². The van der Waals surface area contributed by atoms with Crippen molar-refractivity contribution in [2.24, 2.45) is 0 Å². The molecule has 0 aliphatic carbocycles. The van der Waals surface area contributed by atoms with E-state index in [-0.39, 0.29) is 29.5 Å². The van der Waals surface area contributed by atoms with E-state index in [0.29, 0.717) is 0 Å². The van der Waals surface area contributed by atoms with Crippen LogP contribution in [0, 0.1) is 0 Å². The molecule has 2 N–H and O–H groups in total. The van der Waals surface area contributed by atoms with Gasteiger partial charge in [-0.1, -0.05) is 135 Å². The zero-order chi connectivity index (χ0) is 30.0. The van der Waals surface area contributed by atoms with Crippen molar-refractivity contribution in [2.45, 2.75) is 26.7 Å². The molecule has 1 heterocycles. The van der Waals surface area contributed by atoms with Gasteiger partial charge in [0.15, 0.2) is 0 Å². The number of nitrogens with zero attached hydrogens (tertiary/aromatic N) is 2. The van der Waals surface area contributed by atoms with E-state index >= 15 is 0 Å². The van der Waals surface area contributed by atoms with Crippen molar-refractivity contribution in [3.63, 3.8) is 0 Å². The van der Waals surface area contributed by atoms with Gasteiger partial charge in [0.2, 0.25) is 0 Å². The van der Waals surface area contributed by atoms with Crippen LogP contribution in [0.5, 0.6) is 0 Å². The molecule has 0 spiro atoms. The van der Waals surface area contributed by atoms with Gasteiger partial charge in [0.25, 0.3) is 0 Å². The number of rotatable bonds is 6. The molecule has 1 aliphatic rings. The Hall–Kier alpha value is -2.41. The molecule has 4 nitrogen and oxygen atoms in total. The summed E-state index contributed by atoms with van der Waals surface area (Å²) in [5.74, 6) is 0. The van der Waals surface area contributed by atoms with E-state index in [1.165, 1.54) is 74.0 Å². The van der Waals surface area contributed by atoms with Gasteiger partial charge in [0.05, 0.1) is 0 Å². The summed E-state index contributed by atoms with van der Waals surface area (Å²) in [6, 6.07) is 43.5. The molecular weight excluding hydrogens is 614 g/mol. The predicted molar refractivity (Wildman–Crippen MR) is 189 cm³/mol. The monoisotopic (exact) mass is 665 g/mol. The van der Waals surface area contributed by atoms with Gasteiger partial charge in [0.1, 0.15) is 6.15 Å². The standard InChI is InChI=1S/C24H20B.C14H32N4.ClH.Mn/c1-5-13-21(14-6-1)25(22-15-7-2-8-16-22,23-17-9-3-10-18-23)24-19-11-4-12-20-24;1-3-17-11-5-7-16-10-14-18(4-2)12-6-8-15-9-13-17;;/h1-20H;15-16H,3-14H2,1-2H3;1H;/q-1;;;+2/p-1. The van der Waals surface area contributed by atoms with Crippen LogP contribution in [-0.2, 0) is 17.1 Å². The van der Waals surface area contributed by atoms with E-state index in [2.05, 4.69) is 156 Å². The largest absolute Gasteiger partial charge is 2.00 e. The molecule has 1 saturated heterocycles. The van der Waals surface area contributed by atoms with Crippen molar-refractivity contribution < 1.29 is 29.5 Å². The average Bonchev–Trinajstić information content (AvgIpc) is 3.08. The third-order valence-corrected chi connectivity index (χ3v) is 8.96. The first-order valence-corrected chi connectivity index (χ1v) is 16.5. The first-order valence-electron chi connectivity index (χ1n) is 16.5. The average molecular weight is 666 g/mol. The second-order valence-corrected chi connectivity index (χ2v) is 11.6. The Kier molecular flexibility index (Phi) is 19.1. The predicted octanol–water partition coefficient (Wildman–Crippen LogP) is 0.669. The van der Waals surface area contributed by atoms with Crippen LogP contribution in [0.15, 0.2) is 121 Å². The van der Waals surface area contributed by atoms with Gasteiger partial charge in [-0.3, -0.25) is 0 Å². The number of nitrogens with one attached hydrogen (secondary N) is 2. The van der Waals surface area contributed by atoms with Crippen molar-refractivity contribution in [1.82, 2.24) is 20.4 Å². The molecule has 4 aromatic rings. The second kappa shape index (κ2) is 22.2. The molecule has 1 fully saturated rings. The quantitative estimate of drug-likeness (QED) is 0.297. The zero-order valence-corrected chi connectivity index (χ0v) is 29.2. The summed E-state index contributed by atoms with van der Waals surface area (Å²) in [6.07, 6.45) is 1.31. The summed E-state index contributed by atoms with van der Waals surface area (Å²) in [7, 11) is 0. The van der Waals surface area contributed by atoms with Crippen LogP contribution in [0.3, 0.4) is 0 Å². The molecule has 7 heteroatoms. The maximum Gasteiger partial charge on any atom is 2.00 e. The molecule has 0 atom stereocenters. The summed E-state index contributed by atoms with van der Waals surface area (Å²) < 4.78 is 0. The maximum absolute atomic E-state index is 3.56. The van der Waals surface area contributed by atoms with Crippen molar-refractivity contribution in [1.29, 1.82) is 0 Å². The molecule has 241 valence electrons. The molecule has 4 aromatic carbocycles. The molecule has 0 amide bonds. The van der Waals surface area contributed by atoms with E-state index in [1.807, 2.05) is 0 Å². The number of benzene rings is 4. The van der Waals surface area contributed by atoms with Gasteiger partial charge < -0.3 is 32.8 Å². The molecule has 0 saturated carbocycles. The fourth-order valence-electron chi connectivity index (χ4n) is 6.56. The van der Waals surface area contributed by atoms with Crippen LogP contribution in [-0.4, -0.2) is 81.4 Å². The summed E-state index contributed by atoms with van der Waals surface area (Å²) in [4.78, 5) is 5.08. The van der Waals surface area contributed by atoms with Gasteiger partial charge in [-0.05, 0) is 52.1 Å². The third kappa shape index (κ3) is 11.4. The Labute approximate surface area is 290 Å². The Bertz CT molecular complexity index is 1070. The molecule has 0 unspecified atom stereocenters. The van der Waals surface area contributed by atoms with Crippen molar-refractivity contribution in [3.05, 3.63) is 121 Å². The van der Waals surface area contributed by atoms with Crippen LogP contribution in [0.2, 0.25) is 0 Å². The van der Waals surface area contributed by atoms with E-state index in [1.54, 1.807) is 0 Å². The van der Waals surface area contributed by atoms with Crippen molar-refractivity contribution in [2.75, 3.05) is 65.4 Å². The minimum atomic E-state index is -1.22. The summed E-state index contributed by atoms with van der Waals surface area (Å²) in [6.45, 7) is 16.3. The van der Waals surface area contributed by atoms with Crippen molar-refractivity contribution >= 4 is 28.0 Å². The number of hydrogen-bond donors (Lipinski definition) is 2. The fraction of sp³-hybridized carbons (Fsp3) is 0.368. The summed E-state index contributed by atoms with van der Waals surface area (Å²) in [5.41, 5.74) is 5.36. The van der Waals surface area contributed by atoms with Crippen LogP contribution >= 0.6 is 0 Å². The van der Waals surface area contributed by atoms with Crippen LogP contribution in [0.4, 0.5) is 0 Å². The number of hydrogen-bond acceptors (Lipinski definition) is 4. The number of halogens is 1. The molecule has 45 heavy (non-hydrogen) atoms. The first-order chi connectivity index (χ1) is 21.3. The summed E-state index contributed by atoms with van der Waals surface area (Å²) >= 11 is 0. The third-order valence-electron chi connectivity index (χ3n) is 8.96. The van der Waals surface area contributed by atoms with Gasteiger partial charge in [-0.2, -0.15) is 21.9 Å².